The van der Waals surface area contributed by atoms with Gasteiger partial charge >= 0.3 is 0 Å². The summed E-state index contributed by atoms with van der Waals surface area (Å²) in [4.78, 5) is 28.5. The van der Waals surface area contributed by atoms with Crippen LogP contribution in [0.2, 0.25) is 5.02 Å². The summed E-state index contributed by atoms with van der Waals surface area (Å²) >= 11 is 12.5. The van der Waals surface area contributed by atoms with Crippen molar-refractivity contribution in [3.05, 3.63) is 71.5 Å². The maximum atomic E-state index is 12.3. The molecule has 4 aromatic rings. The van der Waals surface area contributed by atoms with Gasteiger partial charge in [-0.3, -0.25) is 14.9 Å². The first kappa shape index (κ1) is 24.6. The van der Waals surface area contributed by atoms with Gasteiger partial charge < -0.3 is 15.1 Å². The first-order valence-corrected chi connectivity index (χ1v) is 12.4. The second-order valence-electron chi connectivity index (χ2n) is 7.49. The summed E-state index contributed by atoms with van der Waals surface area (Å²) in [5, 5.41) is 9.75. The summed E-state index contributed by atoms with van der Waals surface area (Å²) in [6.07, 6.45) is 4.13. The molecule has 0 bridgehead atoms. The number of fused-ring (bicyclic) bond motifs is 1. The molecular weight excluding hydrogens is 504 g/mol. The first-order chi connectivity index (χ1) is 16.9. The molecule has 3 N–H and O–H groups in total. The highest BCUT2D eigenvalue weighted by Gasteiger charge is 2.09. The van der Waals surface area contributed by atoms with Gasteiger partial charge in [-0.15, -0.1) is 0 Å². The minimum atomic E-state index is -0.397. The van der Waals surface area contributed by atoms with Gasteiger partial charge in [-0.05, 0) is 79.3 Å². The van der Waals surface area contributed by atoms with Crippen molar-refractivity contribution in [2.24, 2.45) is 0 Å². The fourth-order valence-electron chi connectivity index (χ4n) is 3.15. The van der Waals surface area contributed by atoms with Gasteiger partial charge in [-0.2, -0.15) is 0 Å². The molecule has 0 aliphatic heterocycles. The third-order valence-electron chi connectivity index (χ3n) is 4.76. The van der Waals surface area contributed by atoms with E-state index in [0.717, 1.165) is 22.2 Å². The molecule has 2 amide bonds. The van der Waals surface area contributed by atoms with E-state index in [1.165, 1.54) is 17.4 Å². The molecule has 0 saturated carbocycles. The lowest BCUT2D eigenvalue weighted by Gasteiger charge is -2.07. The normalized spacial score (nSPS) is 11.0. The number of hydrogen-bond acceptors (Lipinski definition) is 6. The Morgan fingerprint density at radius 2 is 1.91 bits per heavy atom. The number of benzene rings is 2. The monoisotopic (exact) mass is 524 g/mol. The van der Waals surface area contributed by atoms with E-state index in [1.54, 1.807) is 30.3 Å². The number of furan rings is 1. The second-order valence-corrected chi connectivity index (χ2v) is 9.36. The topological polar surface area (TPSA) is 96.3 Å². The van der Waals surface area contributed by atoms with Crippen LogP contribution in [0, 0.1) is 0 Å². The Morgan fingerprint density at radius 3 is 2.69 bits per heavy atom. The van der Waals surface area contributed by atoms with Gasteiger partial charge in [-0.1, -0.05) is 29.9 Å². The van der Waals surface area contributed by atoms with Crippen molar-refractivity contribution in [3.63, 3.8) is 0 Å². The number of carbonyl (C=O) groups is 2. The van der Waals surface area contributed by atoms with Gasteiger partial charge in [0.15, 0.2) is 10.2 Å². The quantitative estimate of drug-likeness (QED) is 0.189. The molecule has 10 heteroatoms. The summed E-state index contributed by atoms with van der Waals surface area (Å²) in [5.41, 5.74) is 2.35. The van der Waals surface area contributed by atoms with Crippen LogP contribution >= 0.6 is 35.2 Å². The van der Waals surface area contributed by atoms with Crippen LogP contribution in [0.15, 0.2) is 65.1 Å². The van der Waals surface area contributed by atoms with Crippen LogP contribution in [0.1, 0.15) is 25.5 Å². The largest absolute Gasteiger partial charge is 0.457 e. The predicted octanol–water partition coefficient (Wildman–Crippen LogP) is 6.47. The van der Waals surface area contributed by atoms with Gasteiger partial charge in [0, 0.05) is 28.8 Å². The van der Waals surface area contributed by atoms with Crippen molar-refractivity contribution >= 4 is 79.2 Å². The number of halogens is 1. The SMILES string of the molecule is CCCC(=O)Nc1nc2ccc(NC(=S)NC(=O)/C=C/c3ccc(-c4ccc(Cl)cc4)o3)cc2s1. The third-order valence-corrected chi connectivity index (χ3v) is 6.15. The number of hydrogen-bond donors (Lipinski definition) is 3. The molecule has 0 aliphatic rings. The number of carbonyl (C=O) groups excluding carboxylic acids is 2. The van der Waals surface area contributed by atoms with Crippen LogP contribution in [-0.2, 0) is 9.59 Å². The molecule has 0 saturated heterocycles. The lowest BCUT2D eigenvalue weighted by atomic mass is 10.2. The smallest absolute Gasteiger partial charge is 0.250 e. The Bertz CT molecular complexity index is 1410. The number of amides is 2. The third kappa shape index (κ3) is 6.75. The highest BCUT2D eigenvalue weighted by molar-refractivity contribution is 7.80. The molecule has 35 heavy (non-hydrogen) atoms. The maximum Gasteiger partial charge on any atom is 0.250 e. The number of nitrogens with zero attached hydrogens (tertiary/aromatic N) is 1. The van der Waals surface area contributed by atoms with Crippen molar-refractivity contribution < 1.29 is 14.0 Å². The van der Waals surface area contributed by atoms with E-state index in [0.29, 0.717) is 33.8 Å². The molecule has 7 nitrogen and oxygen atoms in total. The minimum absolute atomic E-state index is 0.0578. The van der Waals surface area contributed by atoms with E-state index < -0.39 is 5.91 Å². The van der Waals surface area contributed by atoms with Crippen molar-refractivity contribution in [1.29, 1.82) is 0 Å². The molecule has 0 unspecified atom stereocenters. The maximum absolute atomic E-state index is 12.3. The van der Waals surface area contributed by atoms with Crippen LogP contribution in [-0.4, -0.2) is 21.9 Å². The van der Waals surface area contributed by atoms with Crippen molar-refractivity contribution in [2.45, 2.75) is 19.8 Å². The molecule has 0 radical (unpaired) electrons. The number of thiazole rings is 1. The average molecular weight is 525 g/mol. The van der Waals surface area contributed by atoms with Gasteiger partial charge in [0.2, 0.25) is 11.8 Å². The van der Waals surface area contributed by atoms with Gasteiger partial charge in [0.1, 0.15) is 11.5 Å². The Kier molecular flexibility index (Phi) is 7.91. The molecule has 2 aromatic heterocycles. The number of aromatic nitrogens is 1. The zero-order valence-electron chi connectivity index (χ0n) is 18.6. The molecule has 0 atom stereocenters. The zero-order valence-corrected chi connectivity index (χ0v) is 21.0. The molecule has 0 aliphatic carbocycles. The van der Waals surface area contributed by atoms with E-state index in [-0.39, 0.29) is 11.0 Å². The fraction of sp³-hybridized carbons (Fsp3) is 0.120. The zero-order chi connectivity index (χ0) is 24.8. The van der Waals surface area contributed by atoms with E-state index >= 15 is 0 Å². The molecule has 0 fully saturated rings. The van der Waals surface area contributed by atoms with Crippen molar-refractivity contribution in [3.8, 4) is 11.3 Å². The van der Waals surface area contributed by atoms with Crippen LogP contribution in [0.5, 0.6) is 0 Å². The van der Waals surface area contributed by atoms with Gasteiger partial charge in [0.25, 0.3) is 0 Å². The Balaban J connectivity index is 1.32. The predicted molar refractivity (Wildman–Crippen MR) is 146 cm³/mol. The summed E-state index contributed by atoms with van der Waals surface area (Å²) < 4.78 is 6.63. The van der Waals surface area contributed by atoms with Crippen LogP contribution < -0.4 is 16.0 Å². The minimum Gasteiger partial charge on any atom is -0.457 e. The van der Waals surface area contributed by atoms with Crippen molar-refractivity contribution in [1.82, 2.24) is 10.3 Å². The summed E-state index contributed by atoms with van der Waals surface area (Å²) in [7, 11) is 0. The lowest BCUT2D eigenvalue weighted by molar-refractivity contribution is -0.116. The molecule has 2 heterocycles. The highest BCUT2D eigenvalue weighted by Crippen LogP contribution is 2.28. The van der Waals surface area contributed by atoms with Crippen LogP contribution in [0.4, 0.5) is 10.8 Å². The first-order valence-electron chi connectivity index (χ1n) is 10.8. The van der Waals surface area contributed by atoms with E-state index in [9.17, 15) is 9.59 Å². The molecule has 178 valence electrons. The molecule has 4 rings (SSSR count). The van der Waals surface area contributed by atoms with Crippen LogP contribution in [0.25, 0.3) is 27.6 Å². The summed E-state index contributed by atoms with van der Waals surface area (Å²) in [5.74, 6) is 0.747. The summed E-state index contributed by atoms with van der Waals surface area (Å²) in [6, 6.07) is 16.4. The number of nitrogens with one attached hydrogen (secondary N) is 3. The summed E-state index contributed by atoms with van der Waals surface area (Å²) in [6.45, 7) is 1.95. The number of thiocarbonyl (C=S) groups is 1. The van der Waals surface area contributed by atoms with Crippen LogP contribution in [0.3, 0.4) is 0 Å². The molecule has 0 spiro atoms. The Labute approximate surface area is 216 Å². The number of rotatable bonds is 7. The lowest BCUT2D eigenvalue weighted by Crippen LogP contribution is -2.32. The van der Waals surface area contributed by atoms with E-state index in [1.807, 2.05) is 37.3 Å². The van der Waals surface area contributed by atoms with E-state index in [2.05, 4.69) is 20.9 Å². The van der Waals surface area contributed by atoms with Gasteiger partial charge in [-0.25, -0.2) is 4.98 Å². The molecular formula is C25H21ClN4O3S2. The standard InChI is InChI=1S/C25H21ClN4O3S2/c1-2-3-22(31)30-25-28-19-11-8-17(14-21(19)35-25)27-24(34)29-23(32)13-10-18-9-12-20(33-18)15-4-6-16(26)7-5-15/h4-14H,2-3H2,1H3,(H,28,30,31)(H2,27,29,32,34)/b13-10+. The average Bonchev–Trinajstić information content (AvgIpc) is 3.44. The Hall–Kier alpha value is -3.53. The molecule has 2 aromatic carbocycles. The van der Waals surface area contributed by atoms with Gasteiger partial charge in [0.05, 0.1) is 10.2 Å². The van der Waals surface area contributed by atoms with E-state index in [4.69, 9.17) is 28.2 Å². The second kappa shape index (κ2) is 11.3. The number of anilines is 2. The highest BCUT2D eigenvalue weighted by atomic mass is 35.5. The fourth-order valence-corrected chi connectivity index (χ4v) is 4.42. The Morgan fingerprint density at radius 1 is 1.11 bits per heavy atom. The van der Waals surface area contributed by atoms with Crippen molar-refractivity contribution in [2.75, 3.05) is 10.6 Å².